The summed E-state index contributed by atoms with van der Waals surface area (Å²) in [6.45, 7) is 8.76. The number of likely N-dealkylation sites (tertiary alicyclic amines) is 1. The number of nitrogens with zero attached hydrogens (tertiary/aromatic N) is 3. The van der Waals surface area contributed by atoms with Crippen LogP contribution in [0, 0.1) is 6.92 Å². The van der Waals surface area contributed by atoms with Crippen LogP contribution in [0.2, 0.25) is 0 Å². The van der Waals surface area contributed by atoms with Crippen molar-refractivity contribution in [3.8, 4) is 0 Å². The van der Waals surface area contributed by atoms with Crippen LogP contribution in [0.25, 0.3) is 0 Å². The van der Waals surface area contributed by atoms with E-state index in [0.717, 1.165) is 18.1 Å². The fourth-order valence-electron chi connectivity index (χ4n) is 2.53. The van der Waals surface area contributed by atoms with Gasteiger partial charge in [-0.05, 0) is 51.9 Å². The molecule has 0 bridgehead atoms. The Hall–Kier alpha value is -1.00. The minimum Gasteiger partial charge on any atom is -0.308 e. The van der Waals surface area contributed by atoms with Crippen LogP contribution in [0.1, 0.15) is 37.7 Å². The standard InChI is InChI=1S/C14H24N4/c1-3-8-18-9-5-13(6-10-18)16-11-14-4-7-15-12(2)17-14/h4,7,13,16H,3,5-6,8-11H2,1-2H3. The number of aryl methyl sites for hydroxylation is 1. The summed E-state index contributed by atoms with van der Waals surface area (Å²) in [6, 6.07) is 2.64. The second-order valence-corrected chi connectivity index (χ2v) is 5.09. The lowest BCUT2D eigenvalue weighted by Gasteiger charge is -2.32. The zero-order valence-corrected chi connectivity index (χ0v) is 11.5. The first kappa shape index (κ1) is 13.4. The molecule has 2 heterocycles. The SMILES string of the molecule is CCCN1CCC(NCc2ccnc(C)n2)CC1. The second-order valence-electron chi connectivity index (χ2n) is 5.09. The molecule has 0 unspecified atom stereocenters. The van der Waals surface area contributed by atoms with Crippen molar-refractivity contribution in [2.75, 3.05) is 19.6 Å². The zero-order chi connectivity index (χ0) is 12.8. The topological polar surface area (TPSA) is 41.0 Å². The van der Waals surface area contributed by atoms with Gasteiger partial charge in [-0.1, -0.05) is 6.92 Å². The lowest BCUT2D eigenvalue weighted by atomic mass is 10.0. The molecule has 1 aromatic heterocycles. The van der Waals surface area contributed by atoms with E-state index in [1.54, 1.807) is 0 Å². The van der Waals surface area contributed by atoms with Crippen LogP contribution in [0.3, 0.4) is 0 Å². The summed E-state index contributed by atoms with van der Waals surface area (Å²) in [7, 11) is 0. The van der Waals surface area contributed by atoms with Crippen LogP contribution in [0.5, 0.6) is 0 Å². The Morgan fingerprint density at radius 2 is 2.17 bits per heavy atom. The first-order chi connectivity index (χ1) is 8.78. The molecular weight excluding hydrogens is 224 g/mol. The molecule has 0 aliphatic carbocycles. The van der Waals surface area contributed by atoms with E-state index in [-0.39, 0.29) is 0 Å². The molecule has 1 N–H and O–H groups in total. The van der Waals surface area contributed by atoms with Gasteiger partial charge in [0.2, 0.25) is 0 Å². The number of nitrogens with one attached hydrogen (secondary N) is 1. The molecule has 4 heteroatoms. The highest BCUT2D eigenvalue weighted by molar-refractivity contribution is 5.01. The fourth-order valence-corrected chi connectivity index (χ4v) is 2.53. The van der Waals surface area contributed by atoms with Gasteiger partial charge in [-0.2, -0.15) is 0 Å². The van der Waals surface area contributed by atoms with E-state index in [9.17, 15) is 0 Å². The van der Waals surface area contributed by atoms with E-state index in [0.29, 0.717) is 6.04 Å². The monoisotopic (exact) mass is 248 g/mol. The van der Waals surface area contributed by atoms with Crippen LogP contribution < -0.4 is 5.32 Å². The quantitative estimate of drug-likeness (QED) is 0.862. The molecule has 0 radical (unpaired) electrons. The number of piperidine rings is 1. The summed E-state index contributed by atoms with van der Waals surface area (Å²) in [5.74, 6) is 0.854. The minimum absolute atomic E-state index is 0.647. The number of hydrogen-bond donors (Lipinski definition) is 1. The summed E-state index contributed by atoms with van der Waals surface area (Å²) >= 11 is 0. The van der Waals surface area contributed by atoms with E-state index in [2.05, 4.69) is 27.1 Å². The van der Waals surface area contributed by atoms with Crippen molar-refractivity contribution < 1.29 is 0 Å². The second kappa shape index (κ2) is 6.81. The van der Waals surface area contributed by atoms with Crippen molar-refractivity contribution in [3.63, 3.8) is 0 Å². The van der Waals surface area contributed by atoms with Crippen LogP contribution >= 0.6 is 0 Å². The van der Waals surface area contributed by atoms with Gasteiger partial charge in [-0.3, -0.25) is 0 Å². The summed E-state index contributed by atoms with van der Waals surface area (Å²) in [6.07, 6.45) is 5.61. The van der Waals surface area contributed by atoms with Gasteiger partial charge < -0.3 is 10.2 Å². The molecule has 1 aliphatic heterocycles. The maximum absolute atomic E-state index is 4.42. The van der Waals surface area contributed by atoms with Crippen molar-refractivity contribution >= 4 is 0 Å². The number of rotatable bonds is 5. The van der Waals surface area contributed by atoms with E-state index in [1.165, 1.54) is 38.9 Å². The third kappa shape index (κ3) is 4.03. The van der Waals surface area contributed by atoms with Crippen LogP contribution in [0.15, 0.2) is 12.3 Å². The van der Waals surface area contributed by atoms with Gasteiger partial charge in [0.1, 0.15) is 5.82 Å². The van der Waals surface area contributed by atoms with Crippen LogP contribution in [-0.4, -0.2) is 40.5 Å². The molecule has 1 aromatic rings. The zero-order valence-electron chi connectivity index (χ0n) is 11.5. The molecule has 1 fully saturated rings. The van der Waals surface area contributed by atoms with E-state index < -0.39 is 0 Å². The Morgan fingerprint density at radius 3 is 2.83 bits per heavy atom. The first-order valence-electron chi connectivity index (χ1n) is 7.02. The highest BCUT2D eigenvalue weighted by Gasteiger charge is 2.17. The van der Waals surface area contributed by atoms with Gasteiger partial charge >= 0.3 is 0 Å². The largest absolute Gasteiger partial charge is 0.308 e. The van der Waals surface area contributed by atoms with Gasteiger partial charge in [0, 0.05) is 18.8 Å². The Kier molecular flexibility index (Phi) is 5.08. The lowest BCUT2D eigenvalue weighted by molar-refractivity contribution is 0.197. The third-order valence-electron chi connectivity index (χ3n) is 3.53. The Labute approximate surface area is 110 Å². The molecule has 0 aromatic carbocycles. The molecule has 4 nitrogen and oxygen atoms in total. The average molecular weight is 248 g/mol. The average Bonchev–Trinajstić information content (AvgIpc) is 2.38. The Morgan fingerprint density at radius 1 is 1.39 bits per heavy atom. The van der Waals surface area contributed by atoms with Gasteiger partial charge in [0.15, 0.2) is 0 Å². The molecule has 1 saturated heterocycles. The molecule has 0 saturated carbocycles. The predicted molar refractivity (Wildman–Crippen MR) is 73.4 cm³/mol. The minimum atomic E-state index is 0.647. The van der Waals surface area contributed by atoms with Gasteiger partial charge in [0.25, 0.3) is 0 Å². The van der Waals surface area contributed by atoms with Crippen molar-refractivity contribution in [2.24, 2.45) is 0 Å². The van der Waals surface area contributed by atoms with Crippen molar-refractivity contribution in [2.45, 2.75) is 45.7 Å². The highest BCUT2D eigenvalue weighted by atomic mass is 15.1. The van der Waals surface area contributed by atoms with E-state index >= 15 is 0 Å². The van der Waals surface area contributed by atoms with E-state index in [4.69, 9.17) is 0 Å². The van der Waals surface area contributed by atoms with Gasteiger partial charge in [0.05, 0.1) is 5.69 Å². The van der Waals surface area contributed by atoms with Crippen molar-refractivity contribution in [3.05, 3.63) is 23.8 Å². The molecule has 100 valence electrons. The van der Waals surface area contributed by atoms with E-state index in [1.807, 2.05) is 19.2 Å². The molecule has 0 atom stereocenters. The predicted octanol–water partition coefficient (Wildman–Crippen LogP) is 1.75. The maximum atomic E-state index is 4.42. The molecule has 2 rings (SSSR count). The molecular formula is C14H24N4. The molecule has 0 spiro atoms. The van der Waals surface area contributed by atoms with Gasteiger partial charge in [-0.15, -0.1) is 0 Å². The van der Waals surface area contributed by atoms with Crippen molar-refractivity contribution in [1.29, 1.82) is 0 Å². The fraction of sp³-hybridized carbons (Fsp3) is 0.714. The Bertz CT molecular complexity index is 359. The van der Waals surface area contributed by atoms with Crippen LogP contribution in [0.4, 0.5) is 0 Å². The van der Waals surface area contributed by atoms with Crippen molar-refractivity contribution in [1.82, 2.24) is 20.2 Å². The molecule has 1 aliphatic rings. The Balaban J connectivity index is 1.72. The summed E-state index contributed by atoms with van der Waals surface area (Å²) in [5.41, 5.74) is 1.10. The normalized spacial score (nSPS) is 18.1. The summed E-state index contributed by atoms with van der Waals surface area (Å²) < 4.78 is 0. The summed E-state index contributed by atoms with van der Waals surface area (Å²) in [4.78, 5) is 11.1. The third-order valence-corrected chi connectivity index (χ3v) is 3.53. The molecule has 18 heavy (non-hydrogen) atoms. The van der Waals surface area contributed by atoms with Gasteiger partial charge in [-0.25, -0.2) is 9.97 Å². The van der Waals surface area contributed by atoms with Crippen LogP contribution in [-0.2, 0) is 6.54 Å². The maximum Gasteiger partial charge on any atom is 0.125 e. The number of hydrogen-bond acceptors (Lipinski definition) is 4. The summed E-state index contributed by atoms with van der Waals surface area (Å²) in [5, 5.41) is 3.61. The first-order valence-corrected chi connectivity index (χ1v) is 7.02. The number of aromatic nitrogens is 2. The molecule has 0 amide bonds. The lowest BCUT2D eigenvalue weighted by Crippen LogP contribution is -2.42. The smallest absolute Gasteiger partial charge is 0.125 e. The highest BCUT2D eigenvalue weighted by Crippen LogP contribution is 2.11.